The molecule has 1 fully saturated rings. The van der Waals surface area contributed by atoms with Gasteiger partial charge in [-0.1, -0.05) is 6.92 Å². The molecule has 0 spiro atoms. The molecule has 0 aromatic rings. The molecular weight excluding hydrogens is 236 g/mol. The van der Waals surface area contributed by atoms with Crippen molar-refractivity contribution in [3.05, 3.63) is 0 Å². The molecule has 96 valence electrons. The minimum absolute atomic E-state index is 0.340. The fourth-order valence-corrected chi connectivity index (χ4v) is 1.77. The van der Waals surface area contributed by atoms with Crippen LogP contribution in [0, 0.1) is 5.92 Å². The molecule has 1 rings (SSSR count). The minimum atomic E-state index is -1.08. The lowest BCUT2D eigenvalue weighted by molar-refractivity contribution is -0.282. The largest absolute Gasteiger partial charge is 0.394 e. The lowest BCUT2D eigenvalue weighted by atomic mass is 9.92. The van der Waals surface area contributed by atoms with Gasteiger partial charge >= 0.3 is 0 Å². The Morgan fingerprint density at radius 2 is 2.00 bits per heavy atom. The Morgan fingerprint density at radius 1 is 1.31 bits per heavy atom. The predicted molar refractivity (Wildman–Crippen MR) is 58.2 cm³/mol. The Bertz CT molecular complexity index is 202. The second kappa shape index (κ2) is 6.74. The zero-order valence-electron chi connectivity index (χ0n) is 9.25. The first-order chi connectivity index (χ1) is 7.61. The van der Waals surface area contributed by atoms with Crippen LogP contribution >= 0.6 is 11.6 Å². The van der Waals surface area contributed by atoms with Gasteiger partial charge in [0.25, 0.3) is 0 Å². The number of aliphatic hydroxyl groups excluding tert-OH is 3. The first-order valence-electron chi connectivity index (χ1n) is 5.41. The van der Waals surface area contributed by atoms with Crippen molar-refractivity contribution in [3.63, 3.8) is 0 Å². The molecule has 2 unspecified atom stereocenters. The van der Waals surface area contributed by atoms with Crippen LogP contribution in [0.15, 0.2) is 0 Å². The quantitative estimate of drug-likeness (QED) is 0.464. The molecule has 1 aliphatic rings. The van der Waals surface area contributed by atoms with E-state index in [1.807, 2.05) is 0 Å². The molecule has 1 aliphatic heterocycles. The van der Waals surface area contributed by atoms with Gasteiger partial charge in [0.15, 0.2) is 6.29 Å². The molecule has 16 heavy (non-hydrogen) atoms. The summed E-state index contributed by atoms with van der Waals surface area (Å²) in [5, 5.41) is 28.3. The maximum Gasteiger partial charge on any atom is 0.163 e. The third-order valence-electron chi connectivity index (χ3n) is 2.75. The number of ether oxygens (including phenoxy) is 2. The maximum absolute atomic E-state index is 9.73. The monoisotopic (exact) mass is 254 g/mol. The van der Waals surface area contributed by atoms with E-state index in [4.69, 9.17) is 26.2 Å². The van der Waals surface area contributed by atoms with E-state index in [1.54, 1.807) is 6.92 Å². The van der Waals surface area contributed by atoms with E-state index in [-0.39, 0.29) is 12.5 Å². The zero-order valence-corrected chi connectivity index (χ0v) is 10.0. The SMILES string of the molecule is CC1[C@H](OCCCCl)OC(CO)[C@@H](O)[C@@H]1O. The Labute approximate surface area is 99.9 Å². The molecular formula is C10H19ClO5. The van der Waals surface area contributed by atoms with Gasteiger partial charge in [-0.2, -0.15) is 0 Å². The van der Waals surface area contributed by atoms with Gasteiger partial charge < -0.3 is 24.8 Å². The molecule has 0 radical (unpaired) electrons. The van der Waals surface area contributed by atoms with Crippen LogP contribution < -0.4 is 0 Å². The number of halogens is 1. The number of aliphatic hydroxyl groups is 3. The van der Waals surface area contributed by atoms with Crippen LogP contribution in [0.3, 0.4) is 0 Å². The summed E-state index contributed by atoms with van der Waals surface area (Å²) in [7, 11) is 0. The van der Waals surface area contributed by atoms with Crippen molar-refractivity contribution in [1.82, 2.24) is 0 Å². The smallest absolute Gasteiger partial charge is 0.163 e. The predicted octanol–water partition coefficient (Wildman–Crippen LogP) is -0.293. The normalized spacial score (nSPS) is 39.9. The number of hydrogen-bond acceptors (Lipinski definition) is 5. The summed E-state index contributed by atoms with van der Waals surface area (Å²) < 4.78 is 10.7. The second-order valence-corrected chi connectivity index (χ2v) is 4.36. The van der Waals surface area contributed by atoms with E-state index >= 15 is 0 Å². The maximum atomic E-state index is 9.73. The molecule has 6 heteroatoms. The van der Waals surface area contributed by atoms with Crippen molar-refractivity contribution < 1.29 is 24.8 Å². The van der Waals surface area contributed by atoms with Gasteiger partial charge in [-0.3, -0.25) is 0 Å². The third-order valence-corrected chi connectivity index (χ3v) is 3.02. The van der Waals surface area contributed by atoms with Crippen molar-refractivity contribution in [2.45, 2.75) is 37.9 Å². The van der Waals surface area contributed by atoms with Gasteiger partial charge in [-0.25, -0.2) is 0 Å². The first-order valence-corrected chi connectivity index (χ1v) is 5.95. The summed E-state index contributed by atoms with van der Waals surface area (Å²) in [5.74, 6) is 0.156. The van der Waals surface area contributed by atoms with Crippen LogP contribution in [-0.4, -0.2) is 59.0 Å². The summed E-state index contributed by atoms with van der Waals surface area (Å²) in [4.78, 5) is 0. The van der Waals surface area contributed by atoms with Crippen molar-refractivity contribution in [3.8, 4) is 0 Å². The first kappa shape index (κ1) is 14.2. The molecule has 0 aliphatic carbocycles. The molecule has 0 aromatic heterocycles. The van der Waals surface area contributed by atoms with Crippen LogP contribution in [0.25, 0.3) is 0 Å². The van der Waals surface area contributed by atoms with Crippen molar-refractivity contribution in [1.29, 1.82) is 0 Å². The lowest BCUT2D eigenvalue weighted by Crippen LogP contribution is -2.55. The molecule has 0 amide bonds. The highest BCUT2D eigenvalue weighted by Gasteiger charge is 2.42. The summed E-state index contributed by atoms with van der Waals surface area (Å²) in [6, 6.07) is 0. The van der Waals surface area contributed by atoms with Crippen LogP contribution in [0.2, 0.25) is 0 Å². The van der Waals surface area contributed by atoms with Gasteiger partial charge in [0, 0.05) is 11.8 Å². The van der Waals surface area contributed by atoms with E-state index in [2.05, 4.69) is 0 Å². The average Bonchev–Trinajstić information content (AvgIpc) is 2.29. The van der Waals surface area contributed by atoms with E-state index in [0.29, 0.717) is 18.9 Å². The fraction of sp³-hybridized carbons (Fsp3) is 1.00. The summed E-state index contributed by atoms with van der Waals surface area (Å²) in [6.07, 6.45) is -2.75. The minimum Gasteiger partial charge on any atom is -0.394 e. The number of hydrogen-bond donors (Lipinski definition) is 3. The van der Waals surface area contributed by atoms with Crippen LogP contribution in [0.5, 0.6) is 0 Å². The standard InChI is InChI=1S/C10H19ClO5/c1-6-8(13)9(14)7(5-12)16-10(6)15-4-2-3-11/h6-10,12-14H,2-5H2,1H3/t6?,7?,8-,9-,10-/m1/s1. The molecule has 1 heterocycles. The summed E-state index contributed by atoms with van der Waals surface area (Å²) >= 11 is 5.51. The van der Waals surface area contributed by atoms with Crippen molar-refractivity contribution in [2.24, 2.45) is 5.92 Å². The number of alkyl halides is 1. The van der Waals surface area contributed by atoms with Crippen LogP contribution in [0.1, 0.15) is 13.3 Å². The van der Waals surface area contributed by atoms with E-state index in [1.165, 1.54) is 0 Å². The molecule has 3 N–H and O–H groups in total. The molecule has 0 bridgehead atoms. The highest BCUT2D eigenvalue weighted by atomic mass is 35.5. The van der Waals surface area contributed by atoms with E-state index in [0.717, 1.165) is 0 Å². The lowest BCUT2D eigenvalue weighted by Gasteiger charge is -2.40. The summed E-state index contributed by atoms with van der Waals surface area (Å²) in [5.41, 5.74) is 0. The molecule has 0 aromatic carbocycles. The Balaban J connectivity index is 2.50. The topological polar surface area (TPSA) is 79.2 Å². The summed E-state index contributed by atoms with van der Waals surface area (Å²) in [6.45, 7) is 1.81. The van der Waals surface area contributed by atoms with Crippen LogP contribution in [-0.2, 0) is 9.47 Å². The Morgan fingerprint density at radius 3 is 2.56 bits per heavy atom. The van der Waals surface area contributed by atoms with Crippen LogP contribution in [0.4, 0.5) is 0 Å². The van der Waals surface area contributed by atoms with Gasteiger partial charge in [-0.05, 0) is 6.42 Å². The molecule has 5 nitrogen and oxygen atoms in total. The highest BCUT2D eigenvalue weighted by Crippen LogP contribution is 2.26. The molecule has 1 saturated heterocycles. The van der Waals surface area contributed by atoms with Gasteiger partial charge in [0.2, 0.25) is 0 Å². The van der Waals surface area contributed by atoms with Crippen molar-refractivity contribution >= 4 is 11.6 Å². The zero-order chi connectivity index (χ0) is 12.1. The van der Waals surface area contributed by atoms with Gasteiger partial charge in [0.1, 0.15) is 12.2 Å². The Hall–Kier alpha value is 0.0900. The fourth-order valence-electron chi connectivity index (χ4n) is 1.66. The molecule has 0 saturated carbocycles. The van der Waals surface area contributed by atoms with Gasteiger partial charge in [0.05, 0.1) is 19.3 Å². The second-order valence-electron chi connectivity index (χ2n) is 3.98. The van der Waals surface area contributed by atoms with Crippen molar-refractivity contribution in [2.75, 3.05) is 19.1 Å². The van der Waals surface area contributed by atoms with E-state index < -0.39 is 24.6 Å². The number of rotatable bonds is 5. The Kier molecular flexibility index (Phi) is 5.96. The molecule has 5 atom stereocenters. The third kappa shape index (κ3) is 3.29. The highest BCUT2D eigenvalue weighted by molar-refractivity contribution is 6.17. The average molecular weight is 255 g/mol. The van der Waals surface area contributed by atoms with E-state index in [9.17, 15) is 10.2 Å². The van der Waals surface area contributed by atoms with Gasteiger partial charge in [-0.15, -0.1) is 11.6 Å².